The van der Waals surface area contributed by atoms with Crippen LogP contribution in [0.2, 0.25) is 0 Å². The number of carbonyl (C=O) groups excluding carboxylic acids is 2. The third-order valence-corrected chi connectivity index (χ3v) is 4.68. The van der Waals surface area contributed by atoms with E-state index in [1.165, 1.54) is 0 Å². The molecule has 0 aliphatic rings. The molecule has 1 atom stereocenters. The highest BCUT2D eigenvalue weighted by molar-refractivity contribution is 7.80. The van der Waals surface area contributed by atoms with E-state index in [0.29, 0.717) is 5.56 Å². The van der Waals surface area contributed by atoms with Gasteiger partial charge < -0.3 is 20.9 Å². The summed E-state index contributed by atoms with van der Waals surface area (Å²) in [5.74, 6) is -3.62. The third-order valence-electron chi connectivity index (χ3n) is 4.37. The smallest absolute Gasteiger partial charge is 0.504 e. The quantitative estimate of drug-likeness (QED) is 0.339. The van der Waals surface area contributed by atoms with Gasteiger partial charge in [-0.1, -0.05) is 48.6 Å². The second kappa shape index (κ2) is 11.1. The van der Waals surface area contributed by atoms with Crippen molar-refractivity contribution >= 4 is 29.1 Å². The van der Waals surface area contributed by atoms with E-state index in [9.17, 15) is 27.9 Å². The van der Waals surface area contributed by atoms with Crippen molar-refractivity contribution < 1.29 is 32.6 Å². The van der Waals surface area contributed by atoms with E-state index in [2.05, 4.69) is 10.1 Å². The lowest BCUT2D eigenvalue weighted by molar-refractivity contribution is -0.275. The van der Waals surface area contributed by atoms with Gasteiger partial charge in [-0.2, -0.15) is 5.26 Å². The largest absolute Gasteiger partial charge is 0.573 e. The number of rotatable bonds is 8. The standard InChI is InChI=1S/C21H19F3N4O4S/c22-21(23,24)32-15-8-7-13(16(17(15)29)19(33)28-20(26)31)14(18(30)27-10-4-9-25)11-12-5-2-1-3-6-12/h1-3,5-8,14,29H,4,10-11H2,(H,27,30)(H3,26,28,31,33). The summed E-state index contributed by atoms with van der Waals surface area (Å²) in [4.78, 5) is 23.8. The van der Waals surface area contributed by atoms with Crippen LogP contribution in [0.5, 0.6) is 11.5 Å². The lowest BCUT2D eigenvalue weighted by Crippen LogP contribution is -2.37. The van der Waals surface area contributed by atoms with Gasteiger partial charge >= 0.3 is 12.4 Å². The molecule has 0 saturated heterocycles. The number of hydrogen-bond acceptors (Lipinski definition) is 6. The molecular formula is C21H19F3N4O4S. The summed E-state index contributed by atoms with van der Waals surface area (Å²) in [6, 6.07) is 11.4. The van der Waals surface area contributed by atoms with Crippen molar-refractivity contribution in [1.29, 1.82) is 5.26 Å². The number of phenols is 1. The minimum atomic E-state index is -5.12. The number of thiocarbonyl (C=S) groups is 1. The topological polar surface area (TPSA) is 137 Å². The molecule has 12 heteroatoms. The first-order valence-corrected chi connectivity index (χ1v) is 9.85. The summed E-state index contributed by atoms with van der Waals surface area (Å²) in [6.45, 7) is 0.0290. The van der Waals surface area contributed by atoms with Crippen LogP contribution in [0, 0.1) is 11.3 Å². The van der Waals surface area contributed by atoms with Crippen molar-refractivity contribution in [3.63, 3.8) is 0 Å². The Kier molecular flexibility index (Phi) is 8.58. The Morgan fingerprint density at radius 2 is 1.88 bits per heavy atom. The zero-order chi connectivity index (χ0) is 24.6. The Morgan fingerprint density at radius 1 is 1.21 bits per heavy atom. The number of nitriles is 1. The number of aromatic hydroxyl groups is 1. The summed E-state index contributed by atoms with van der Waals surface area (Å²) in [6.07, 6.45) is -5.01. The number of nitrogens with two attached hydrogens (primary N) is 1. The molecule has 174 valence electrons. The predicted octanol–water partition coefficient (Wildman–Crippen LogP) is 2.99. The van der Waals surface area contributed by atoms with Crippen molar-refractivity contribution in [3.05, 3.63) is 59.2 Å². The highest BCUT2D eigenvalue weighted by Crippen LogP contribution is 2.39. The van der Waals surface area contributed by atoms with Crippen molar-refractivity contribution in [3.8, 4) is 17.6 Å². The van der Waals surface area contributed by atoms with Crippen LogP contribution >= 0.6 is 12.2 Å². The number of nitrogens with zero attached hydrogens (tertiary/aromatic N) is 1. The van der Waals surface area contributed by atoms with E-state index in [1.54, 1.807) is 30.3 Å². The molecule has 5 N–H and O–H groups in total. The maximum atomic E-state index is 13.0. The van der Waals surface area contributed by atoms with Crippen molar-refractivity contribution in [2.75, 3.05) is 6.54 Å². The second-order valence-electron chi connectivity index (χ2n) is 6.68. The highest BCUT2D eigenvalue weighted by atomic mass is 32.1. The molecule has 0 aromatic heterocycles. The molecule has 2 aromatic carbocycles. The number of urea groups is 1. The summed E-state index contributed by atoms with van der Waals surface area (Å²) in [5.41, 5.74) is 5.38. The van der Waals surface area contributed by atoms with Gasteiger partial charge in [0.2, 0.25) is 5.91 Å². The van der Waals surface area contributed by atoms with E-state index in [1.807, 2.05) is 11.4 Å². The van der Waals surface area contributed by atoms with E-state index in [0.717, 1.165) is 12.1 Å². The fraction of sp³-hybridized carbons (Fsp3) is 0.238. The highest BCUT2D eigenvalue weighted by Gasteiger charge is 2.35. The van der Waals surface area contributed by atoms with E-state index >= 15 is 0 Å². The van der Waals surface area contributed by atoms with E-state index in [-0.39, 0.29) is 24.9 Å². The molecule has 8 nitrogen and oxygen atoms in total. The van der Waals surface area contributed by atoms with Gasteiger partial charge in [0.25, 0.3) is 0 Å². The number of benzene rings is 2. The normalized spacial score (nSPS) is 11.7. The van der Waals surface area contributed by atoms with E-state index in [4.69, 9.17) is 23.2 Å². The number of phenolic OH excluding ortho intramolecular Hbond substituents is 1. The fourth-order valence-corrected chi connectivity index (χ4v) is 3.37. The number of primary amides is 1. The van der Waals surface area contributed by atoms with Crippen LogP contribution < -0.4 is 21.1 Å². The molecule has 33 heavy (non-hydrogen) atoms. The molecule has 1 unspecified atom stereocenters. The number of halogens is 3. The summed E-state index contributed by atoms with van der Waals surface area (Å²) in [7, 11) is 0. The molecule has 2 aromatic rings. The lowest BCUT2D eigenvalue weighted by Gasteiger charge is -2.23. The molecule has 0 aliphatic heterocycles. The SMILES string of the molecule is N#CCCNC(=O)C(Cc1ccccc1)c1ccc(OC(F)(F)F)c(O)c1C(=S)NC(N)=O. The maximum absolute atomic E-state index is 13.0. The Morgan fingerprint density at radius 3 is 2.45 bits per heavy atom. The summed E-state index contributed by atoms with van der Waals surface area (Å²) < 4.78 is 42.1. The molecule has 0 aliphatic carbocycles. The van der Waals surface area contributed by atoms with Crippen molar-refractivity contribution in [2.24, 2.45) is 5.73 Å². The summed E-state index contributed by atoms with van der Waals surface area (Å²) in [5, 5.41) is 23.9. The van der Waals surface area contributed by atoms with Gasteiger partial charge in [-0.15, -0.1) is 13.2 Å². The van der Waals surface area contributed by atoms with Gasteiger partial charge in [0.15, 0.2) is 11.5 Å². The number of ether oxygens (including phenoxy) is 1. The van der Waals surface area contributed by atoms with Gasteiger partial charge in [-0.05, 0) is 23.6 Å². The second-order valence-corrected chi connectivity index (χ2v) is 7.09. The van der Waals surface area contributed by atoms with Crippen LogP contribution in [0.25, 0.3) is 0 Å². The minimum Gasteiger partial charge on any atom is -0.504 e. The zero-order valence-corrected chi connectivity index (χ0v) is 17.8. The van der Waals surface area contributed by atoms with Crippen LogP contribution in [0.1, 0.15) is 29.0 Å². The van der Waals surface area contributed by atoms with Gasteiger partial charge in [0.1, 0.15) is 4.99 Å². The average Bonchev–Trinajstić information content (AvgIpc) is 2.72. The lowest BCUT2D eigenvalue weighted by atomic mass is 9.87. The number of nitrogens with one attached hydrogen (secondary N) is 2. The third kappa shape index (κ3) is 7.36. The molecule has 0 fully saturated rings. The first-order valence-electron chi connectivity index (χ1n) is 9.44. The van der Waals surface area contributed by atoms with Gasteiger partial charge in [0.05, 0.1) is 24.0 Å². The zero-order valence-electron chi connectivity index (χ0n) is 17.0. The molecule has 2 rings (SSSR count). The maximum Gasteiger partial charge on any atom is 0.573 e. The first-order chi connectivity index (χ1) is 15.5. The van der Waals surface area contributed by atoms with Crippen molar-refractivity contribution in [2.45, 2.75) is 25.1 Å². The number of hydrogen-bond donors (Lipinski definition) is 4. The molecule has 0 heterocycles. The Bertz CT molecular complexity index is 1070. The Balaban J connectivity index is 2.62. The number of carbonyl (C=O) groups is 2. The molecule has 0 spiro atoms. The Labute approximate surface area is 192 Å². The minimum absolute atomic E-state index is 0.0269. The van der Waals surface area contributed by atoms with Crippen LogP contribution in [0.4, 0.5) is 18.0 Å². The van der Waals surface area contributed by atoms with Crippen molar-refractivity contribution in [1.82, 2.24) is 10.6 Å². The predicted molar refractivity (Wildman–Crippen MR) is 115 cm³/mol. The van der Waals surface area contributed by atoms with Gasteiger partial charge in [-0.3, -0.25) is 10.1 Å². The van der Waals surface area contributed by atoms with Gasteiger partial charge in [-0.25, -0.2) is 4.79 Å². The molecule has 0 saturated carbocycles. The molecule has 0 radical (unpaired) electrons. The Hall–Kier alpha value is -3.85. The van der Waals surface area contributed by atoms with Gasteiger partial charge in [0, 0.05) is 6.54 Å². The number of amides is 3. The summed E-state index contributed by atoms with van der Waals surface area (Å²) >= 11 is 5.07. The monoisotopic (exact) mass is 480 g/mol. The molecule has 0 bridgehead atoms. The van der Waals surface area contributed by atoms with Crippen LogP contribution in [-0.2, 0) is 11.2 Å². The van der Waals surface area contributed by atoms with E-state index < -0.39 is 46.3 Å². The first kappa shape index (κ1) is 25.4. The average molecular weight is 480 g/mol. The van der Waals surface area contributed by atoms with Crippen LogP contribution in [0.15, 0.2) is 42.5 Å². The number of alkyl halides is 3. The fourth-order valence-electron chi connectivity index (χ4n) is 3.06. The molecule has 3 amide bonds. The molecular weight excluding hydrogens is 461 g/mol. The van der Waals surface area contributed by atoms with Crippen LogP contribution in [-0.4, -0.2) is 34.9 Å². The van der Waals surface area contributed by atoms with Crippen LogP contribution in [0.3, 0.4) is 0 Å².